The van der Waals surface area contributed by atoms with Gasteiger partial charge in [-0.05, 0) is 81.6 Å². The number of carbonyl (C=O) groups is 2. The number of anilines is 1. The van der Waals surface area contributed by atoms with Gasteiger partial charge in [0.2, 0.25) is 0 Å². The summed E-state index contributed by atoms with van der Waals surface area (Å²) in [4.78, 5) is 31.8. The largest absolute Gasteiger partial charge is 0.358 e. The SMILES string of the molecule is CCN(CC)CCCNC(=O)c1c(C)[nH]c2c1CCCC2=C1C(=O)Nc2ccc(Br)cc21. The Morgan fingerprint density at radius 2 is 2.00 bits per heavy atom. The molecule has 0 radical (unpaired) electrons. The van der Waals surface area contributed by atoms with Crippen LogP contribution in [0.2, 0.25) is 0 Å². The summed E-state index contributed by atoms with van der Waals surface area (Å²) in [6.45, 7) is 9.96. The van der Waals surface area contributed by atoms with Crippen molar-refractivity contribution >= 4 is 44.6 Å². The van der Waals surface area contributed by atoms with Crippen molar-refractivity contribution in [3.63, 3.8) is 0 Å². The normalized spacial score (nSPS) is 17.3. The van der Waals surface area contributed by atoms with Gasteiger partial charge in [0.15, 0.2) is 0 Å². The van der Waals surface area contributed by atoms with E-state index in [0.29, 0.717) is 6.54 Å². The van der Waals surface area contributed by atoms with Crippen LogP contribution in [0.5, 0.6) is 0 Å². The van der Waals surface area contributed by atoms with Crippen LogP contribution in [0.1, 0.15) is 66.0 Å². The molecule has 6 nitrogen and oxygen atoms in total. The number of allylic oxidation sites excluding steroid dienone is 1. The van der Waals surface area contributed by atoms with Crippen LogP contribution in [0.3, 0.4) is 0 Å². The van der Waals surface area contributed by atoms with E-state index in [9.17, 15) is 9.59 Å². The van der Waals surface area contributed by atoms with E-state index in [1.165, 1.54) is 0 Å². The quantitative estimate of drug-likeness (QED) is 0.380. The zero-order chi connectivity index (χ0) is 22.8. The number of hydrogen-bond donors (Lipinski definition) is 3. The molecule has 2 amide bonds. The Balaban J connectivity index is 1.61. The lowest BCUT2D eigenvalue weighted by atomic mass is 9.86. The average molecular weight is 499 g/mol. The minimum absolute atomic E-state index is 0.0233. The molecule has 3 N–H and O–H groups in total. The van der Waals surface area contributed by atoms with Gasteiger partial charge in [0, 0.05) is 33.7 Å². The zero-order valence-electron chi connectivity index (χ0n) is 19.0. The van der Waals surface area contributed by atoms with Gasteiger partial charge < -0.3 is 20.5 Å². The van der Waals surface area contributed by atoms with E-state index in [1.54, 1.807) is 0 Å². The molecule has 2 aromatic rings. The van der Waals surface area contributed by atoms with Crippen LogP contribution < -0.4 is 10.6 Å². The lowest BCUT2D eigenvalue weighted by Gasteiger charge is -2.19. The fraction of sp³-hybridized carbons (Fsp3) is 0.440. The van der Waals surface area contributed by atoms with Crippen molar-refractivity contribution in [2.75, 3.05) is 31.5 Å². The van der Waals surface area contributed by atoms with Crippen LogP contribution in [0.25, 0.3) is 11.1 Å². The lowest BCUT2D eigenvalue weighted by Crippen LogP contribution is -2.30. The molecule has 0 saturated heterocycles. The molecule has 4 rings (SSSR count). The van der Waals surface area contributed by atoms with Crippen LogP contribution in [0.15, 0.2) is 22.7 Å². The molecule has 0 fully saturated rings. The van der Waals surface area contributed by atoms with Crippen molar-refractivity contribution in [2.45, 2.75) is 46.5 Å². The van der Waals surface area contributed by atoms with Crippen molar-refractivity contribution < 1.29 is 9.59 Å². The number of nitrogens with zero attached hydrogens (tertiary/aromatic N) is 1. The highest BCUT2D eigenvalue weighted by Crippen LogP contribution is 2.43. The molecule has 1 aromatic carbocycles. The van der Waals surface area contributed by atoms with Crippen LogP contribution in [-0.4, -0.2) is 47.9 Å². The van der Waals surface area contributed by atoms with Crippen LogP contribution in [0, 0.1) is 6.92 Å². The van der Waals surface area contributed by atoms with E-state index in [4.69, 9.17) is 0 Å². The fourth-order valence-electron chi connectivity index (χ4n) is 4.88. The number of aromatic nitrogens is 1. The van der Waals surface area contributed by atoms with Crippen LogP contribution in [-0.2, 0) is 11.2 Å². The first kappa shape index (κ1) is 22.8. The van der Waals surface area contributed by atoms with E-state index >= 15 is 0 Å². The Morgan fingerprint density at radius 3 is 2.75 bits per heavy atom. The number of rotatable bonds is 7. The molecule has 2 aliphatic rings. The Morgan fingerprint density at radius 1 is 1.22 bits per heavy atom. The van der Waals surface area contributed by atoms with Crippen LogP contribution in [0.4, 0.5) is 5.69 Å². The number of aromatic amines is 1. The molecular formula is C25H31BrN4O2. The van der Waals surface area contributed by atoms with E-state index in [-0.39, 0.29) is 11.8 Å². The lowest BCUT2D eigenvalue weighted by molar-refractivity contribution is -0.110. The maximum atomic E-state index is 13.1. The maximum absolute atomic E-state index is 13.1. The third kappa shape index (κ3) is 4.28. The van der Waals surface area contributed by atoms with Crippen molar-refractivity contribution in [1.29, 1.82) is 0 Å². The maximum Gasteiger partial charge on any atom is 0.256 e. The molecular weight excluding hydrogens is 468 g/mol. The number of nitrogens with one attached hydrogen (secondary N) is 3. The first-order chi connectivity index (χ1) is 15.4. The summed E-state index contributed by atoms with van der Waals surface area (Å²) >= 11 is 3.53. The van der Waals surface area contributed by atoms with Crippen molar-refractivity contribution in [2.24, 2.45) is 0 Å². The predicted molar refractivity (Wildman–Crippen MR) is 133 cm³/mol. The Bertz CT molecular complexity index is 1080. The number of fused-ring (bicyclic) bond motifs is 2. The minimum Gasteiger partial charge on any atom is -0.358 e. The Kier molecular flexibility index (Phi) is 6.86. The number of benzene rings is 1. The molecule has 2 heterocycles. The standard InChI is InChI=1S/C25H31BrN4O2/c1-4-30(5-2)13-7-12-27-24(31)21-15(3)28-23-17(21)8-6-9-18(23)22-19-14-16(26)10-11-20(19)29-25(22)32/h10-11,14,28H,4-9,12-13H2,1-3H3,(H,27,31)(H,29,32). The average Bonchev–Trinajstić information content (AvgIpc) is 3.28. The number of aryl methyl sites for hydroxylation is 1. The molecule has 1 aliphatic heterocycles. The Labute approximate surface area is 198 Å². The highest BCUT2D eigenvalue weighted by molar-refractivity contribution is 9.10. The van der Waals surface area contributed by atoms with Gasteiger partial charge in [-0.2, -0.15) is 0 Å². The molecule has 0 saturated carbocycles. The van der Waals surface area contributed by atoms with Crippen molar-refractivity contribution in [3.05, 3.63) is 50.8 Å². The first-order valence-electron chi connectivity index (χ1n) is 11.5. The van der Waals surface area contributed by atoms with Gasteiger partial charge in [0.05, 0.1) is 11.1 Å². The first-order valence-corrected chi connectivity index (χ1v) is 12.3. The molecule has 0 bridgehead atoms. The summed E-state index contributed by atoms with van der Waals surface area (Å²) in [7, 11) is 0. The highest BCUT2D eigenvalue weighted by atomic mass is 79.9. The van der Waals surface area contributed by atoms with Crippen LogP contribution >= 0.6 is 15.9 Å². The summed E-state index contributed by atoms with van der Waals surface area (Å²) in [6.07, 6.45) is 3.50. The fourth-order valence-corrected chi connectivity index (χ4v) is 5.24. The number of H-pyrrole nitrogens is 1. The van der Waals surface area contributed by atoms with E-state index in [1.807, 2.05) is 25.1 Å². The van der Waals surface area contributed by atoms with E-state index in [2.05, 4.69) is 50.3 Å². The smallest absolute Gasteiger partial charge is 0.256 e. The Hall–Kier alpha value is -2.38. The summed E-state index contributed by atoms with van der Waals surface area (Å²) in [6, 6.07) is 5.84. The van der Waals surface area contributed by atoms with Gasteiger partial charge in [-0.3, -0.25) is 9.59 Å². The number of hydrogen-bond acceptors (Lipinski definition) is 3. The second-order valence-corrected chi connectivity index (χ2v) is 9.38. The molecule has 7 heteroatoms. The molecule has 0 unspecified atom stereocenters. The molecule has 32 heavy (non-hydrogen) atoms. The van der Waals surface area contributed by atoms with Crippen molar-refractivity contribution in [3.8, 4) is 0 Å². The van der Waals surface area contributed by atoms with Gasteiger partial charge in [0.25, 0.3) is 11.8 Å². The van der Waals surface area contributed by atoms with Gasteiger partial charge in [-0.25, -0.2) is 0 Å². The summed E-state index contributed by atoms with van der Waals surface area (Å²) in [5.41, 5.74) is 7.06. The molecule has 170 valence electrons. The van der Waals surface area contributed by atoms with Gasteiger partial charge in [-0.15, -0.1) is 0 Å². The molecule has 1 aliphatic carbocycles. The summed E-state index contributed by atoms with van der Waals surface area (Å²) < 4.78 is 0.939. The number of carbonyl (C=O) groups excluding carboxylic acids is 2. The van der Waals surface area contributed by atoms with E-state index in [0.717, 1.165) is 94.7 Å². The third-order valence-corrected chi connectivity index (χ3v) is 7.03. The summed E-state index contributed by atoms with van der Waals surface area (Å²) in [5, 5.41) is 6.09. The zero-order valence-corrected chi connectivity index (χ0v) is 20.6. The predicted octanol–water partition coefficient (Wildman–Crippen LogP) is 4.75. The van der Waals surface area contributed by atoms with Gasteiger partial charge >= 0.3 is 0 Å². The molecule has 1 aromatic heterocycles. The second kappa shape index (κ2) is 9.63. The van der Waals surface area contributed by atoms with Gasteiger partial charge in [0.1, 0.15) is 0 Å². The topological polar surface area (TPSA) is 77.2 Å². The van der Waals surface area contributed by atoms with Gasteiger partial charge in [-0.1, -0.05) is 29.8 Å². The molecule has 0 spiro atoms. The monoisotopic (exact) mass is 498 g/mol. The number of halogens is 1. The minimum atomic E-state index is -0.0735. The number of amides is 2. The van der Waals surface area contributed by atoms with E-state index < -0.39 is 0 Å². The highest BCUT2D eigenvalue weighted by Gasteiger charge is 2.33. The summed E-state index contributed by atoms with van der Waals surface area (Å²) in [5.74, 6) is -0.0968. The van der Waals surface area contributed by atoms with Crippen molar-refractivity contribution in [1.82, 2.24) is 15.2 Å². The molecule has 0 atom stereocenters. The third-order valence-electron chi connectivity index (χ3n) is 6.53. The second-order valence-electron chi connectivity index (χ2n) is 8.47.